The van der Waals surface area contributed by atoms with Crippen molar-refractivity contribution in [3.05, 3.63) is 18.2 Å². The number of carbonyl (C=O) groups excluding carboxylic acids is 1. The Labute approximate surface area is 92.7 Å². The molecule has 0 atom stereocenters. The van der Waals surface area contributed by atoms with E-state index >= 15 is 0 Å². The highest BCUT2D eigenvalue weighted by Crippen LogP contribution is 2.19. The van der Waals surface area contributed by atoms with Gasteiger partial charge in [-0.05, 0) is 18.2 Å². The van der Waals surface area contributed by atoms with Gasteiger partial charge < -0.3 is 16.8 Å². The fourth-order valence-electron chi connectivity index (χ4n) is 1.08. The number of rotatable bonds is 4. The lowest BCUT2D eigenvalue weighted by molar-refractivity contribution is -0.116. The zero-order valence-corrected chi connectivity index (χ0v) is 9.12. The highest BCUT2D eigenvalue weighted by molar-refractivity contribution is 7.89. The van der Waals surface area contributed by atoms with Crippen LogP contribution in [0.15, 0.2) is 23.1 Å². The van der Waals surface area contributed by atoms with Crippen LogP contribution in [0, 0.1) is 0 Å². The number of carbonyl (C=O) groups is 1. The van der Waals surface area contributed by atoms with Gasteiger partial charge in [-0.15, -0.1) is 0 Å². The van der Waals surface area contributed by atoms with E-state index in [1.807, 2.05) is 0 Å². The van der Waals surface area contributed by atoms with Crippen LogP contribution in [0.3, 0.4) is 0 Å². The molecule has 0 fully saturated rings. The number of benzene rings is 1. The Hall–Kier alpha value is -1.80. The van der Waals surface area contributed by atoms with Crippen LogP contribution in [-0.2, 0) is 14.8 Å². The molecule has 1 amide bonds. The molecule has 0 saturated carbocycles. The van der Waals surface area contributed by atoms with E-state index in [2.05, 4.69) is 5.32 Å². The highest BCUT2D eigenvalue weighted by Gasteiger charge is 2.09. The topological polar surface area (TPSA) is 141 Å². The molecule has 0 unspecified atom stereocenters. The zero-order chi connectivity index (χ0) is 12.3. The molecule has 8 heteroatoms. The molecule has 0 aromatic heterocycles. The average Bonchev–Trinajstić information content (AvgIpc) is 2.12. The third kappa shape index (κ3) is 3.41. The van der Waals surface area contributed by atoms with Crippen molar-refractivity contribution in [1.29, 1.82) is 0 Å². The van der Waals surface area contributed by atoms with Gasteiger partial charge in [-0.25, -0.2) is 13.6 Å². The third-order valence-electron chi connectivity index (χ3n) is 1.72. The molecular formula is C8H12N4O3S. The van der Waals surface area contributed by atoms with Gasteiger partial charge in [0, 0.05) is 11.4 Å². The van der Waals surface area contributed by atoms with Gasteiger partial charge in [-0.3, -0.25) is 4.79 Å². The Kier molecular flexibility index (Phi) is 3.35. The number of sulfonamides is 1. The molecule has 0 aliphatic heterocycles. The first kappa shape index (κ1) is 12.3. The van der Waals surface area contributed by atoms with Crippen LogP contribution in [0.4, 0.5) is 11.4 Å². The van der Waals surface area contributed by atoms with E-state index in [9.17, 15) is 13.2 Å². The number of hydrogen-bond acceptors (Lipinski definition) is 5. The quantitative estimate of drug-likeness (QED) is 0.493. The van der Waals surface area contributed by atoms with Crippen LogP contribution >= 0.6 is 0 Å². The van der Waals surface area contributed by atoms with Crippen molar-refractivity contribution < 1.29 is 13.2 Å². The molecule has 1 aromatic rings. The molecule has 16 heavy (non-hydrogen) atoms. The minimum Gasteiger partial charge on any atom is -0.399 e. The number of primary sulfonamides is 1. The molecule has 1 aromatic carbocycles. The average molecular weight is 244 g/mol. The first-order chi connectivity index (χ1) is 7.29. The second-order valence-corrected chi connectivity index (χ2v) is 4.72. The van der Waals surface area contributed by atoms with Crippen molar-refractivity contribution in [3.8, 4) is 0 Å². The van der Waals surface area contributed by atoms with Gasteiger partial charge in [0.1, 0.15) is 0 Å². The maximum Gasteiger partial charge on any atom is 0.238 e. The fourth-order valence-corrected chi connectivity index (χ4v) is 1.67. The molecule has 7 nitrogen and oxygen atoms in total. The lowest BCUT2D eigenvalue weighted by Crippen LogP contribution is -2.22. The van der Waals surface area contributed by atoms with Crippen LogP contribution in [-0.4, -0.2) is 20.9 Å². The van der Waals surface area contributed by atoms with E-state index in [1.54, 1.807) is 0 Å². The van der Waals surface area contributed by atoms with E-state index in [0.29, 0.717) is 5.69 Å². The summed E-state index contributed by atoms with van der Waals surface area (Å²) >= 11 is 0. The summed E-state index contributed by atoms with van der Waals surface area (Å²) in [6.45, 7) is -0.118. The van der Waals surface area contributed by atoms with Crippen LogP contribution in [0.5, 0.6) is 0 Å². The molecule has 7 N–H and O–H groups in total. The van der Waals surface area contributed by atoms with E-state index < -0.39 is 15.9 Å². The van der Waals surface area contributed by atoms with Crippen LogP contribution in [0.2, 0.25) is 0 Å². The van der Waals surface area contributed by atoms with Crippen molar-refractivity contribution in [3.63, 3.8) is 0 Å². The third-order valence-corrected chi connectivity index (χ3v) is 2.62. The van der Waals surface area contributed by atoms with E-state index in [-0.39, 0.29) is 17.1 Å². The van der Waals surface area contributed by atoms with Crippen LogP contribution < -0.4 is 21.9 Å². The standard InChI is InChI=1S/C8H12N4O3S/c9-5-1-6(12-4-8(10)13)3-7(2-5)16(11,14)15/h1-3,12H,4,9H2,(H2,10,13)(H2,11,14,15). The van der Waals surface area contributed by atoms with Crippen molar-refractivity contribution in [2.75, 3.05) is 17.6 Å². The predicted octanol–water partition coefficient (Wildman–Crippen LogP) is -1.19. The summed E-state index contributed by atoms with van der Waals surface area (Å²) in [7, 11) is -3.82. The second-order valence-electron chi connectivity index (χ2n) is 3.16. The first-order valence-electron chi connectivity index (χ1n) is 4.24. The smallest absolute Gasteiger partial charge is 0.238 e. The number of anilines is 2. The maximum absolute atomic E-state index is 11.1. The number of nitrogens with one attached hydrogen (secondary N) is 1. The SMILES string of the molecule is NC(=O)CNc1cc(N)cc(S(N)(=O)=O)c1. The molecule has 0 aliphatic carbocycles. The van der Waals surface area contributed by atoms with E-state index in [4.69, 9.17) is 16.6 Å². The summed E-state index contributed by atoms with van der Waals surface area (Å²) < 4.78 is 22.2. The van der Waals surface area contributed by atoms with Gasteiger partial charge in [0.25, 0.3) is 0 Å². The Balaban J connectivity index is 3.04. The highest BCUT2D eigenvalue weighted by atomic mass is 32.2. The summed E-state index contributed by atoms with van der Waals surface area (Å²) in [5.41, 5.74) is 11.0. The first-order valence-corrected chi connectivity index (χ1v) is 5.79. The summed E-state index contributed by atoms with van der Waals surface area (Å²) in [6.07, 6.45) is 0. The van der Waals surface area contributed by atoms with Crippen molar-refractivity contribution in [1.82, 2.24) is 0 Å². The van der Waals surface area contributed by atoms with Gasteiger partial charge in [0.15, 0.2) is 0 Å². The van der Waals surface area contributed by atoms with Gasteiger partial charge >= 0.3 is 0 Å². The summed E-state index contributed by atoms with van der Waals surface area (Å²) in [6, 6.07) is 3.97. The molecular weight excluding hydrogens is 232 g/mol. The van der Waals surface area contributed by atoms with Crippen LogP contribution in [0.25, 0.3) is 0 Å². The lowest BCUT2D eigenvalue weighted by atomic mass is 10.3. The second kappa shape index (κ2) is 4.37. The number of nitrogen functional groups attached to an aromatic ring is 1. The Morgan fingerprint density at radius 2 is 1.94 bits per heavy atom. The minimum atomic E-state index is -3.82. The Bertz CT molecular complexity index is 512. The molecule has 0 aliphatic rings. The summed E-state index contributed by atoms with van der Waals surface area (Å²) in [4.78, 5) is 10.4. The number of nitrogens with two attached hydrogens (primary N) is 3. The largest absolute Gasteiger partial charge is 0.399 e. The number of primary amides is 1. The van der Waals surface area contributed by atoms with Crippen molar-refractivity contribution >= 4 is 27.3 Å². The van der Waals surface area contributed by atoms with Gasteiger partial charge in [-0.2, -0.15) is 0 Å². The normalized spacial score (nSPS) is 11.1. The number of hydrogen-bond donors (Lipinski definition) is 4. The predicted molar refractivity (Wildman–Crippen MR) is 59.9 cm³/mol. The lowest BCUT2D eigenvalue weighted by Gasteiger charge is -2.07. The molecule has 0 heterocycles. The fraction of sp³-hybridized carbons (Fsp3) is 0.125. The molecule has 0 bridgehead atoms. The Morgan fingerprint density at radius 1 is 1.31 bits per heavy atom. The molecule has 0 radical (unpaired) electrons. The molecule has 0 saturated heterocycles. The maximum atomic E-state index is 11.1. The number of amides is 1. The summed E-state index contributed by atoms with van der Waals surface area (Å²) in [5.74, 6) is -0.570. The van der Waals surface area contributed by atoms with Gasteiger partial charge in [-0.1, -0.05) is 0 Å². The van der Waals surface area contributed by atoms with E-state index in [1.165, 1.54) is 18.2 Å². The summed E-state index contributed by atoms with van der Waals surface area (Å²) in [5, 5.41) is 7.57. The van der Waals surface area contributed by atoms with Crippen LogP contribution in [0.1, 0.15) is 0 Å². The zero-order valence-electron chi connectivity index (χ0n) is 8.30. The molecule has 1 rings (SSSR count). The van der Waals surface area contributed by atoms with E-state index in [0.717, 1.165) is 0 Å². The van der Waals surface area contributed by atoms with Crippen molar-refractivity contribution in [2.24, 2.45) is 10.9 Å². The van der Waals surface area contributed by atoms with Crippen molar-refractivity contribution in [2.45, 2.75) is 4.90 Å². The monoisotopic (exact) mass is 244 g/mol. The van der Waals surface area contributed by atoms with Gasteiger partial charge in [0.2, 0.25) is 15.9 Å². The minimum absolute atomic E-state index is 0.118. The molecule has 88 valence electrons. The molecule has 0 spiro atoms. The van der Waals surface area contributed by atoms with Gasteiger partial charge in [0.05, 0.1) is 11.4 Å². The Morgan fingerprint density at radius 3 is 2.44 bits per heavy atom.